The summed E-state index contributed by atoms with van der Waals surface area (Å²) < 4.78 is 15.6. The first-order valence-electron chi connectivity index (χ1n) is 10.9. The maximum absolute atomic E-state index is 12.7. The van der Waals surface area contributed by atoms with Gasteiger partial charge in [0.2, 0.25) is 5.91 Å². The highest BCUT2D eigenvalue weighted by Crippen LogP contribution is 2.15. The second kappa shape index (κ2) is 13.0. The first-order valence-corrected chi connectivity index (χ1v) is 10.9. The molecule has 0 bridgehead atoms. The molecule has 0 saturated heterocycles. The minimum absolute atomic E-state index is 0.0565. The Bertz CT molecular complexity index is 1000. The molecule has 2 amide bonds. The second-order valence-electron chi connectivity index (χ2n) is 8.60. The zero-order valence-electron chi connectivity index (χ0n) is 19.9. The molecule has 0 aliphatic heterocycles. The van der Waals surface area contributed by atoms with Gasteiger partial charge in [0.1, 0.15) is 30.5 Å². The van der Waals surface area contributed by atoms with Crippen LogP contribution >= 0.6 is 0 Å². The fourth-order valence-electron chi connectivity index (χ4n) is 2.84. The number of alkyl carbamates (subject to hydrolysis) is 1. The summed E-state index contributed by atoms with van der Waals surface area (Å²) in [4.78, 5) is 47.6. The molecule has 188 valence electrons. The number of nitrogens with one attached hydrogen (secondary N) is 2. The third-order valence-corrected chi connectivity index (χ3v) is 4.36. The molecular formula is C25H30N2O8. The van der Waals surface area contributed by atoms with Gasteiger partial charge in [0.15, 0.2) is 6.61 Å². The summed E-state index contributed by atoms with van der Waals surface area (Å²) >= 11 is 0. The molecule has 0 aromatic heterocycles. The number of carboxylic acid groups (broad SMARTS) is 1. The van der Waals surface area contributed by atoms with Crippen molar-refractivity contribution in [2.45, 2.75) is 45.4 Å². The first kappa shape index (κ1) is 27.2. The van der Waals surface area contributed by atoms with Gasteiger partial charge in [-0.3, -0.25) is 4.79 Å². The van der Waals surface area contributed by atoms with Gasteiger partial charge in [-0.2, -0.15) is 0 Å². The van der Waals surface area contributed by atoms with Crippen LogP contribution < -0.4 is 15.4 Å². The van der Waals surface area contributed by atoms with Crippen LogP contribution in [-0.2, 0) is 36.9 Å². The lowest BCUT2D eigenvalue weighted by molar-refractivity contribution is -0.158. The minimum Gasteiger partial charge on any atom is -0.482 e. The number of aliphatic carboxylic acids is 1. The van der Waals surface area contributed by atoms with Crippen LogP contribution in [0.2, 0.25) is 0 Å². The molecule has 1 atom stereocenters. The molecule has 3 N–H and O–H groups in total. The molecule has 2 rings (SSSR count). The number of carbonyl (C=O) groups excluding carboxylic acids is 3. The van der Waals surface area contributed by atoms with E-state index in [1.807, 2.05) is 18.2 Å². The molecule has 10 nitrogen and oxygen atoms in total. The molecule has 0 radical (unpaired) electrons. The molecule has 0 spiro atoms. The summed E-state index contributed by atoms with van der Waals surface area (Å²) in [5.74, 6) is -1.98. The summed E-state index contributed by atoms with van der Waals surface area (Å²) in [7, 11) is 0. The minimum atomic E-state index is -1.10. The molecule has 0 aliphatic rings. The average Bonchev–Trinajstić information content (AvgIpc) is 2.80. The third kappa shape index (κ3) is 11.1. The molecule has 2 aromatic carbocycles. The summed E-state index contributed by atoms with van der Waals surface area (Å²) in [5.41, 5.74) is 0.712. The molecule has 0 unspecified atom stereocenters. The van der Waals surface area contributed by atoms with Gasteiger partial charge in [-0.25, -0.2) is 14.4 Å². The zero-order valence-corrected chi connectivity index (χ0v) is 19.9. The van der Waals surface area contributed by atoms with E-state index in [1.54, 1.807) is 57.2 Å². The topological polar surface area (TPSA) is 140 Å². The lowest BCUT2D eigenvalue weighted by Gasteiger charge is -2.24. The van der Waals surface area contributed by atoms with Crippen LogP contribution in [0.1, 0.15) is 31.9 Å². The molecular weight excluding hydrogens is 456 g/mol. The molecule has 0 aliphatic carbocycles. The predicted molar refractivity (Wildman–Crippen MR) is 126 cm³/mol. The largest absolute Gasteiger partial charge is 0.482 e. The van der Waals surface area contributed by atoms with E-state index in [2.05, 4.69) is 10.6 Å². The molecule has 0 saturated carbocycles. The van der Waals surface area contributed by atoms with Crippen molar-refractivity contribution in [2.24, 2.45) is 0 Å². The lowest BCUT2D eigenvalue weighted by atomic mass is 10.1. The van der Waals surface area contributed by atoms with Gasteiger partial charge < -0.3 is 30.0 Å². The van der Waals surface area contributed by atoms with E-state index < -0.39 is 48.7 Å². The van der Waals surface area contributed by atoms with Crippen LogP contribution in [0.25, 0.3) is 0 Å². The van der Waals surface area contributed by atoms with Gasteiger partial charge in [0.05, 0.1) is 0 Å². The van der Waals surface area contributed by atoms with Crippen molar-refractivity contribution < 1.29 is 38.5 Å². The van der Waals surface area contributed by atoms with Gasteiger partial charge in [-0.15, -0.1) is 0 Å². The predicted octanol–water partition coefficient (Wildman–Crippen LogP) is 2.45. The van der Waals surface area contributed by atoms with Crippen molar-refractivity contribution in [3.8, 4) is 5.75 Å². The number of rotatable bonds is 11. The highest BCUT2D eigenvalue weighted by Gasteiger charge is 2.27. The van der Waals surface area contributed by atoms with Gasteiger partial charge in [0.25, 0.3) is 0 Å². The van der Waals surface area contributed by atoms with Crippen LogP contribution in [0.15, 0.2) is 54.6 Å². The number of benzene rings is 2. The maximum Gasteiger partial charge on any atom is 0.407 e. The lowest BCUT2D eigenvalue weighted by Crippen LogP contribution is -2.48. The Labute approximate surface area is 203 Å². The van der Waals surface area contributed by atoms with Crippen molar-refractivity contribution >= 4 is 23.9 Å². The van der Waals surface area contributed by atoms with E-state index in [4.69, 9.17) is 19.3 Å². The van der Waals surface area contributed by atoms with E-state index in [-0.39, 0.29) is 13.0 Å². The van der Waals surface area contributed by atoms with Gasteiger partial charge >= 0.3 is 18.0 Å². The second-order valence-corrected chi connectivity index (χ2v) is 8.60. The fourth-order valence-corrected chi connectivity index (χ4v) is 2.84. The standard InChI is InChI=1S/C25H30N2O8/c1-25(2,3)35-23(31)20(13-17-9-11-19(12-10-17)33-16-22(29)30)27-21(28)14-26-24(32)34-15-18-7-5-4-6-8-18/h4-12,20H,13-16H2,1-3H3,(H,26,32)(H,27,28)(H,29,30)/t20-/m0/s1. The van der Waals surface area contributed by atoms with E-state index >= 15 is 0 Å². The zero-order chi connectivity index (χ0) is 25.8. The van der Waals surface area contributed by atoms with Crippen LogP contribution in [-0.4, -0.2) is 53.8 Å². The number of hydrogen-bond acceptors (Lipinski definition) is 7. The Morgan fingerprint density at radius 2 is 1.60 bits per heavy atom. The van der Waals surface area contributed by atoms with Crippen LogP contribution in [0.5, 0.6) is 5.75 Å². The van der Waals surface area contributed by atoms with Crippen molar-refractivity contribution in [3.05, 3.63) is 65.7 Å². The normalized spacial score (nSPS) is 11.6. The van der Waals surface area contributed by atoms with Crippen molar-refractivity contribution in [1.29, 1.82) is 0 Å². The smallest absolute Gasteiger partial charge is 0.407 e. The average molecular weight is 487 g/mol. The SMILES string of the molecule is CC(C)(C)OC(=O)[C@H](Cc1ccc(OCC(=O)O)cc1)NC(=O)CNC(=O)OCc1ccccc1. The molecule has 2 aromatic rings. The number of hydrogen-bond donors (Lipinski definition) is 3. The highest BCUT2D eigenvalue weighted by molar-refractivity contribution is 5.87. The Morgan fingerprint density at radius 3 is 2.20 bits per heavy atom. The summed E-state index contributed by atoms with van der Waals surface area (Å²) in [6.07, 6.45) is -0.659. The monoisotopic (exact) mass is 486 g/mol. The van der Waals surface area contributed by atoms with E-state index in [0.29, 0.717) is 11.3 Å². The third-order valence-electron chi connectivity index (χ3n) is 4.36. The number of carbonyl (C=O) groups is 4. The van der Waals surface area contributed by atoms with E-state index in [9.17, 15) is 19.2 Å². The van der Waals surface area contributed by atoms with Gasteiger partial charge in [-0.05, 0) is 44.0 Å². The van der Waals surface area contributed by atoms with Gasteiger partial charge in [-0.1, -0.05) is 42.5 Å². The van der Waals surface area contributed by atoms with Crippen LogP contribution in [0.4, 0.5) is 4.79 Å². The highest BCUT2D eigenvalue weighted by atomic mass is 16.6. The number of ether oxygens (including phenoxy) is 3. The van der Waals surface area contributed by atoms with Crippen LogP contribution in [0.3, 0.4) is 0 Å². The quantitative estimate of drug-likeness (QED) is 0.412. The Hall–Kier alpha value is -4.08. The van der Waals surface area contributed by atoms with Crippen molar-refractivity contribution in [1.82, 2.24) is 10.6 Å². The summed E-state index contributed by atoms with van der Waals surface area (Å²) in [6, 6.07) is 14.5. The number of amides is 2. The molecule has 10 heteroatoms. The van der Waals surface area contributed by atoms with Crippen molar-refractivity contribution in [3.63, 3.8) is 0 Å². The Morgan fingerprint density at radius 1 is 0.943 bits per heavy atom. The number of carboxylic acids is 1. The van der Waals surface area contributed by atoms with Crippen LogP contribution in [0, 0.1) is 0 Å². The molecule has 0 fully saturated rings. The summed E-state index contributed by atoms with van der Waals surface area (Å²) in [6.45, 7) is 4.32. The fraction of sp³-hybridized carbons (Fsp3) is 0.360. The number of esters is 1. The van der Waals surface area contributed by atoms with E-state index in [0.717, 1.165) is 5.56 Å². The molecule has 0 heterocycles. The Balaban J connectivity index is 1.93. The maximum atomic E-state index is 12.7. The van der Waals surface area contributed by atoms with Crippen molar-refractivity contribution in [2.75, 3.05) is 13.2 Å². The Kier molecular flexibility index (Phi) is 10.1. The van der Waals surface area contributed by atoms with Gasteiger partial charge in [0, 0.05) is 6.42 Å². The molecule has 35 heavy (non-hydrogen) atoms. The summed E-state index contributed by atoms with van der Waals surface area (Å²) in [5, 5.41) is 13.6. The van der Waals surface area contributed by atoms with E-state index in [1.165, 1.54) is 0 Å². The first-order chi connectivity index (χ1) is 16.5.